The minimum absolute atomic E-state index is 0.00499. The van der Waals surface area contributed by atoms with Gasteiger partial charge in [0.05, 0.1) is 18.4 Å². The lowest BCUT2D eigenvalue weighted by Gasteiger charge is -2.34. The molecule has 2 aromatic rings. The Morgan fingerprint density at radius 1 is 1.03 bits per heavy atom. The highest BCUT2D eigenvalue weighted by Crippen LogP contribution is 2.33. The van der Waals surface area contributed by atoms with Gasteiger partial charge in [-0.05, 0) is 48.9 Å². The highest BCUT2D eigenvalue weighted by Gasteiger charge is 2.31. The van der Waals surface area contributed by atoms with Crippen LogP contribution in [0.15, 0.2) is 54.6 Å². The number of nitrogens with zero attached hydrogens (tertiary/aromatic N) is 1. The fraction of sp³-hybridized carbons (Fsp3) is 0.462. The van der Waals surface area contributed by atoms with Crippen molar-refractivity contribution in [3.8, 4) is 0 Å². The molecule has 2 aliphatic heterocycles. The highest BCUT2D eigenvalue weighted by molar-refractivity contribution is 5.82. The number of nitrogens with one attached hydrogen (secondary N) is 1. The van der Waals surface area contributed by atoms with E-state index in [1.165, 1.54) is 12.1 Å². The molecule has 3 unspecified atom stereocenters. The topological polar surface area (TPSA) is 58.6 Å². The second-order valence-corrected chi connectivity index (χ2v) is 8.83. The first kappa shape index (κ1) is 22.5. The minimum atomic E-state index is -0.311. The van der Waals surface area contributed by atoms with E-state index in [1.807, 2.05) is 18.2 Å². The van der Waals surface area contributed by atoms with Gasteiger partial charge in [-0.3, -0.25) is 9.59 Å². The molecule has 2 saturated heterocycles. The molecule has 2 aliphatic rings. The van der Waals surface area contributed by atoms with Crippen molar-refractivity contribution in [3.05, 3.63) is 71.5 Å². The monoisotopic (exact) mass is 438 g/mol. The predicted molar refractivity (Wildman–Crippen MR) is 120 cm³/mol. The zero-order chi connectivity index (χ0) is 22.3. The molecule has 2 heterocycles. The second kappa shape index (κ2) is 10.7. The first-order valence-electron chi connectivity index (χ1n) is 11.6. The Morgan fingerprint density at radius 3 is 2.59 bits per heavy atom. The molecule has 0 spiro atoms. The minimum Gasteiger partial charge on any atom is -0.373 e. The van der Waals surface area contributed by atoms with Crippen molar-refractivity contribution in [2.24, 2.45) is 11.8 Å². The molecule has 0 radical (unpaired) electrons. The number of hydrogen-bond acceptors (Lipinski definition) is 3. The van der Waals surface area contributed by atoms with E-state index in [4.69, 9.17) is 4.74 Å². The lowest BCUT2D eigenvalue weighted by molar-refractivity contribution is -0.135. The molecule has 0 saturated carbocycles. The van der Waals surface area contributed by atoms with Crippen LogP contribution in [0.2, 0.25) is 0 Å². The summed E-state index contributed by atoms with van der Waals surface area (Å²) >= 11 is 0. The average molecular weight is 439 g/mol. The van der Waals surface area contributed by atoms with E-state index in [0.717, 1.165) is 43.4 Å². The zero-order valence-corrected chi connectivity index (χ0v) is 18.3. The molecule has 32 heavy (non-hydrogen) atoms. The van der Waals surface area contributed by atoms with Crippen LogP contribution < -0.4 is 5.32 Å². The van der Waals surface area contributed by atoms with Crippen molar-refractivity contribution in [3.63, 3.8) is 0 Å². The van der Waals surface area contributed by atoms with Gasteiger partial charge < -0.3 is 15.0 Å². The lowest BCUT2D eigenvalue weighted by Crippen LogP contribution is -2.47. The quantitative estimate of drug-likeness (QED) is 0.745. The number of amides is 2. The molecule has 5 nitrogen and oxygen atoms in total. The van der Waals surface area contributed by atoms with E-state index in [1.54, 1.807) is 17.0 Å². The molecule has 6 heteroatoms. The molecular weight excluding hydrogens is 407 g/mol. The van der Waals surface area contributed by atoms with Crippen molar-refractivity contribution in [1.82, 2.24) is 10.2 Å². The number of carbonyl (C=O) groups excluding carboxylic acids is 2. The summed E-state index contributed by atoms with van der Waals surface area (Å²) in [6.07, 6.45) is 3.85. The summed E-state index contributed by atoms with van der Waals surface area (Å²) in [5.74, 6) is -0.259. The molecule has 170 valence electrons. The van der Waals surface area contributed by atoms with Gasteiger partial charge in [0.2, 0.25) is 11.8 Å². The fourth-order valence-electron chi connectivity index (χ4n) is 4.75. The van der Waals surface area contributed by atoms with E-state index in [9.17, 15) is 14.0 Å². The number of ether oxygens (including phenoxy) is 1. The summed E-state index contributed by atoms with van der Waals surface area (Å²) in [7, 11) is 0. The van der Waals surface area contributed by atoms with E-state index < -0.39 is 0 Å². The van der Waals surface area contributed by atoms with Gasteiger partial charge in [0, 0.05) is 32.2 Å². The van der Waals surface area contributed by atoms with Crippen LogP contribution in [0.3, 0.4) is 0 Å². The Hall–Kier alpha value is -2.73. The van der Waals surface area contributed by atoms with Crippen molar-refractivity contribution < 1.29 is 18.7 Å². The number of piperidine rings is 1. The second-order valence-electron chi connectivity index (χ2n) is 8.83. The molecule has 2 amide bonds. The smallest absolute Gasteiger partial charge is 0.227 e. The van der Waals surface area contributed by atoms with E-state index >= 15 is 0 Å². The fourth-order valence-corrected chi connectivity index (χ4v) is 4.75. The Bertz CT molecular complexity index is 903. The van der Waals surface area contributed by atoms with E-state index in [-0.39, 0.29) is 42.0 Å². The van der Waals surface area contributed by atoms with Gasteiger partial charge in [0.25, 0.3) is 0 Å². The molecule has 1 N–H and O–H groups in total. The van der Waals surface area contributed by atoms with Gasteiger partial charge in [-0.15, -0.1) is 0 Å². The van der Waals surface area contributed by atoms with Crippen LogP contribution >= 0.6 is 0 Å². The van der Waals surface area contributed by atoms with Gasteiger partial charge in [-0.1, -0.05) is 42.5 Å². The Balaban J connectivity index is 1.30. The van der Waals surface area contributed by atoms with Crippen molar-refractivity contribution in [1.29, 1.82) is 0 Å². The van der Waals surface area contributed by atoms with Gasteiger partial charge in [-0.25, -0.2) is 4.39 Å². The van der Waals surface area contributed by atoms with Crippen molar-refractivity contribution in [2.45, 2.75) is 38.2 Å². The third kappa shape index (κ3) is 5.74. The molecule has 4 rings (SSSR count). The molecule has 0 bridgehead atoms. The maximum atomic E-state index is 13.1. The van der Waals surface area contributed by atoms with Gasteiger partial charge >= 0.3 is 0 Å². The van der Waals surface area contributed by atoms with Gasteiger partial charge in [0.15, 0.2) is 0 Å². The summed E-state index contributed by atoms with van der Waals surface area (Å²) in [5, 5.41) is 3.14. The lowest BCUT2D eigenvalue weighted by atomic mass is 9.89. The predicted octanol–water partition coefficient (Wildman–Crippen LogP) is 3.89. The number of halogens is 1. The Kier molecular flexibility index (Phi) is 7.53. The summed E-state index contributed by atoms with van der Waals surface area (Å²) < 4.78 is 19.1. The van der Waals surface area contributed by atoms with Crippen molar-refractivity contribution >= 4 is 11.8 Å². The first-order chi connectivity index (χ1) is 15.6. The number of rotatable bonds is 6. The summed E-state index contributed by atoms with van der Waals surface area (Å²) in [6.45, 7) is 2.43. The van der Waals surface area contributed by atoms with E-state index in [2.05, 4.69) is 17.4 Å². The maximum Gasteiger partial charge on any atom is 0.227 e. The van der Waals surface area contributed by atoms with Crippen LogP contribution in [0.5, 0.6) is 0 Å². The van der Waals surface area contributed by atoms with Gasteiger partial charge in [-0.2, -0.15) is 0 Å². The average Bonchev–Trinajstić information content (AvgIpc) is 2.84. The van der Waals surface area contributed by atoms with Crippen LogP contribution in [0.1, 0.15) is 42.9 Å². The molecule has 2 aromatic carbocycles. The number of likely N-dealkylation sites (tertiary alicyclic amines) is 1. The third-order valence-corrected chi connectivity index (χ3v) is 6.52. The summed E-state index contributed by atoms with van der Waals surface area (Å²) in [4.78, 5) is 27.4. The van der Waals surface area contributed by atoms with E-state index in [0.29, 0.717) is 19.6 Å². The normalized spacial score (nSPS) is 23.5. The standard InChI is InChI=1S/C26H31FN2O3/c27-23-12-10-19(11-13-23)16-24(30)29-14-4-8-22(18-29)26(31)28-17-21-9-5-15-32-25(21)20-6-2-1-3-7-20/h1-3,6-7,10-13,21-22,25H,4-5,8-9,14-18H2,(H,28,31). The van der Waals surface area contributed by atoms with Crippen LogP contribution in [0.4, 0.5) is 4.39 Å². The molecular formula is C26H31FN2O3. The molecule has 0 aliphatic carbocycles. The SMILES string of the molecule is O=C(NCC1CCCOC1c1ccccc1)C1CCCN(C(=O)Cc2ccc(F)cc2)C1. The highest BCUT2D eigenvalue weighted by atomic mass is 19.1. The van der Waals surface area contributed by atoms with Crippen LogP contribution in [-0.4, -0.2) is 43.0 Å². The molecule has 2 fully saturated rings. The van der Waals surface area contributed by atoms with Crippen molar-refractivity contribution in [2.75, 3.05) is 26.2 Å². The summed E-state index contributed by atoms with van der Waals surface area (Å²) in [5.41, 5.74) is 1.94. The number of hydrogen-bond donors (Lipinski definition) is 1. The Labute approximate surface area is 188 Å². The molecule has 3 atom stereocenters. The van der Waals surface area contributed by atoms with Crippen LogP contribution in [0, 0.1) is 17.7 Å². The zero-order valence-electron chi connectivity index (χ0n) is 18.3. The van der Waals surface area contributed by atoms with Gasteiger partial charge in [0.1, 0.15) is 5.82 Å². The number of benzene rings is 2. The first-order valence-corrected chi connectivity index (χ1v) is 11.6. The van der Waals surface area contributed by atoms with Crippen LogP contribution in [-0.2, 0) is 20.7 Å². The van der Waals surface area contributed by atoms with Crippen LogP contribution in [0.25, 0.3) is 0 Å². The summed E-state index contributed by atoms with van der Waals surface area (Å²) in [6, 6.07) is 16.2. The number of carbonyl (C=O) groups is 2. The molecule has 0 aromatic heterocycles. The third-order valence-electron chi connectivity index (χ3n) is 6.52. The Morgan fingerprint density at radius 2 is 1.81 bits per heavy atom. The maximum absolute atomic E-state index is 13.1. The largest absolute Gasteiger partial charge is 0.373 e.